The molecule has 2 aromatic rings. The van der Waals surface area contributed by atoms with E-state index in [1.807, 2.05) is 43.3 Å². The topological polar surface area (TPSA) is 84.9 Å². The number of carbonyl (C=O) groups is 3. The smallest absolute Gasteiger partial charge is 0.244 e. The second-order valence-electron chi connectivity index (χ2n) is 7.50. The van der Waals surface area contributed by atoms with E-state index in [0.717, 1.165) is 10.6 Å². The molecule has 2 aromatic carbocycles. The van der Waals surface area contributed by atoms with Crippen molar-refractivity contribution in [1.29, 1.82) is 0 Å². The fourth-order valence-electron chi connectivity index (χ4n) is 3.88. The third-order valence-electron chi connectivity index (χ3n) is 5.41. The number of hydrogen-bond donors (Lipinski definition) is 1. The molecule has 1 saturated heterocycles. The lowest BCUT2D eigenvalue weighted by atomic mass is 9.85. The molecule has 1 fully saturated rings. The Morgan fingerprint density at radius 1 is 0.903 bits per heavy atom. The first kappa shape index (κ1) is 20.7. The maximum Gasteiger partial charge on any atom is 0.244 e. The predicted octanol–water partition coefficient (Wildman–Crippen LogP) is 3.77. The van der Waals surface area contributed by atoms with Gasteiger partial charge in [0.25, 0.3) is 0 Å². The van der Waals surface area contributed by atoms with Gasteiger partial charge in [0.15, 0.2) is 0 Å². The van der Waals surface area contributed by atoms with Crippen molar-refractivity contribution in [1.82, 2.24) is 4.90 Å². The number of imide groups is 1. The zero-order valence-electron chi connectivity index (χ0n) is 17.2. The summed E-state index contributed by atoms with van der Waals surface area (Å²) in [6.07, 6.45) is 4.96. The van der Waals surface area contributed by atoms with Crippen LogP contribution < -0.4 is 14.8 Å². The molecule has 160 valence electrons. The summed E-state index contributed by atoms with van der Waals surface area (Å²) in [5.74, 6) is 0.480. The van der Waals surface area contributed by atoms with Gasteiger partial charge in [-0.05, 0) is 68.3 Å². The molecule has 0 unspecified atom stereocenters. The highest BCUT2D eigenvalue weighted by atomic mass is 16.5. The molecule has 0 aromatic heterocycles. The minimum absolute atomic E-state index is 0.256. The highest BCUT2D eigenvalue weighted by Crippen LogP contribution is 2.35. The van der Waals surface area contributed by atoms with Gasteiger partial charge in [0.05, 0.1) is 18.4 Å². The molecule has 1 N–H and O–H groups in total. The van der Waals surface area contributed by atoms with E-state index in [9.17, 15) is 14.4 Å². The van der Waals surface area contributed by atoms with E-state index in [1.165, 1.54) is 0 Å². The van der Waals surface area contributed by atoms with Gasteiger partial charge < -0.3 is 14.8 Å². The van der Waals surface area contributed by atoms with E-state index in [0.29, 0.717) is 36.6 Å². The van der Waals surface area contributed by atoms with E-state index in [4.69, 9.17) is 9.47 Å². The third kappa shape index (κ3) is 4.60. The zero-order valence-corrected chi connectivity index (χ0v) is 17.2. The highest BCUT2D eigenvalue weighted by molar-refractivity contribution is 6.08. The van der Waals surface area contributed by atoms with Crippen molar-refractivity contribution >= 4 is 23.4 Å². The van der Waals surface area contributed by atoms with Crippen LogP contribution >= 0.6 is 0 Å². The predicted molar refractivity (Wildman–Crippen MR) is 115 cm³/mol. The Bertz CT molecular complexity index is 972. The van der Waals surface area contributed by atoms with E-state index in [-0.39, 0.29) is 30.2 Å². The number of allylic oxidation sites excluding steroid dienone is 2. The first-order valence-corrected chi connectivity index (χ1v) is 10.4. The summed E-state index contributed by atoms with van der Waals surface area (Å²) in [6.45, 7) is 2.26. The van der Waals surface area contributed by atoms with Crippen LogP contribution in [0.4, 0.5) is 5.69 Å². The molecule has 1 heterocycles. The molecule has 2 atom stereocenters. The van der Waals surface area contributed by atoms with Crippen molar-refractivity contribution in [2.75, 3.05) is 18.5 Å². The molecule has 4 rings (SSSR count). The van der Waals surface area contributed by atoms with Gasteiger partial charge in [0.1, 0.15) is 23.8 Å². The molecule has 31 heavy (non-hydrogen) atoms. The Kier molecular flexibility index (Phi) is 6.02. The second-order valence-corrected chi connectivity index (χ2v) is 7.50. The van der Waals surface area contributed by atoms with E-state index in [2.05, 4.69) is 5.32 Å². The standard InChI is InChI=1S/C24H24N2O5/c1-2-30-17-11-13-19(14-12-17)31-18-9-7-16(8-10-18)25-22(27)15-26-23(28)20-5-3-4-6-21(20)24(26)29/h3-4,7-14,20-21H,2,5-6,15H2,1H3,(H,25,27)/t20-,21-/m0/s1. The Labute approximate surface area is 180 Å². The summed E-state index contributed by atoms with van der Waals surface area (Å²) in [4.78, 5) is 38.5. The molecule has 7 nitrogen and oxygen atoms in total. The molecule has 0 spiro atoms. The van der Waals surface area contributed by atoms with Gasteiger partial charge in [-0.3, -0.25) is 19.3 Å². The van der Waals surface area contributed by atoms with Crippen LogP contribution in [0.15, 0.2) is 60.7 Å². The highest BCUT2D eigenvalue weighted by Gasteiger charge is 2.47. The average molecular weight is 420 g/mol. The number of fused-ring (bicyclic) bond motifs is 1. The number of benzene rings is 2. The fourth-order valence-corrected chi connectivity index (χ4v) is 3.88. The number of hydrogen-bond acceptors (Lipinski definition) is 5. The molecule has 0 bridgehead atoms. The molecular formula is C24H24N2O5. The number of likely N-dealkylation sites (tertiary alicyclic amines) is 1. The zero-order chi connectivity index (χ0) is 21.8. The molecular weight excluding hydrogens is 396 g/mol. The van der Waals surface area contributed by atoms with Crippen LogP contribution in [0.25, 0.3) is 0 Å². The van der Waals surface area contributed by atoms with Crippen molar-refractivity contribution in [3.8, 4) is 17.2 Å². The number of nitrogens with zero attached hydrogens (tertiary/aromatic N) is 1. The van der Waals surface area contributed by atoms with Crippen molar-refractivity contribution in [2.45, 2.75) is 19.8 Å². The number of rotatable bonds is 7. The molecule has 1 aliphatic heterocycles. The first-order chi connectivity index (χ1) is 15.0. The minimum Gasteiger partial charge on any atom is -0.494 e. The molecule has 3 amide bonds. The van der Waals surface area contributed by atoms with Crippen LogP contribution in [0, 0.1) is 11.8 Å². The van der Waals surface area contributed by atoms with Crippen LogP contribution in [0.2, 0.25) is 0 Å². The summed E-state index contributed by atoms with van der Waals surface area (Å²) >= 11 is 0. The minimum atomic E-state index is -0.409. The Morgan fingerprint density at radius 2 is 1.42 bits per heavy atom. The van der Waals surface area contributed by atoms with Gasteiger partial charge in [0.2, 0.25) is 17.7 Å². The quantitative estimate of drug-likeness (QED) is 0.545. The van der Waals surface area contributed by atoms with Crippen LogP contribution in [0.1, 0.15) is 19.8 Å². The lowest BCUT2D eigenvalue weighted by Crippen LogP contribution is -2.38. The molecule has 1 aliphatic carbocycles. The van der Waals surface area contributed by atoms with E-state index in [1.54, 1.807) is 24.3 Å². The maximum atomic E-state index is 12.5. The lowest BCUT2D eigenvalue weighted by Gasteiger charge is -2.14. The van der Waals surface area contributed by atoms with Gasteiger partial charge >= 0.3 is 0 Å². The fraction of sp³-hybridized carbons (Fsp3) is 0.292. The van der Waals surface area contributed by atoms with E-state index >= 15 is 0 Å². The summed E-state index contributed by atoms with van der Waals surface area (Å²) in [5, 5.41) is 2.73. The van der Waals surface area contributed by atoms with Crippen LogP contribution in [0.3, 0.4) is 0 Å². The van der Waals surface area contributed by atoms with Gasteiger partial charge in [-0.25, -0.2) is 0 Å². The number of anilines is 1. The number of ether oxygens (including phenoxy) is 2. The van der Waals surface area contributed by atoms with Crippen molar-refractivity contribution in [2.24, 2.45) is 11.8 Å². The largest absolute Gasteiger partial charge is 0.494 e. The number of amides is 3. The molecule has 0 saturated carbocycles. The van der Waals surface area contributed by atoms with Gasteiger partial charge in [-0.1, -0.05) is 12.2 Å². The summed E-state index contributed by atoms with van der Waals surface area (Å²) in [6, 6.07) is 14.2. The average Bonchev–Trinajstić information content (AvgIpc) is 3.02. The third-order valence-corrected chi connectivity index (χ3v) is 5.41. The maximum absolute atomic E-state index is 12.5. The van der Waals surface area contributed by atoms with Gasteiger partial charge in [-0.15, -0.1) is 0 Å². The summed E-state index contributed by atoms with van der Waals surface area (Å²) < 4.78 is 11.2. The molecule has 7 heteroatoms. The lowest BCUT2D eigenvalue weighted by molar-refractivity contribution is -0.142. The van der Waals surface area contributed by atoms with Crippen LogP contribution in [0.5, 0.6) is 17.2 Å². The molecule has 0 radical (unpaired) electrons. The van der Waals surface area contributed by atoms with Crippen molar-refractivity contribution in [3.63, 3.8) is 0 Å². The van der Waals surface area contributed by atoms with Crippen LogP contribution in [-0.2, 0) is 14.4 Å². The summed E-state index contributed by atoms with van der Waals surface area (Å²) in [5.41, 5.74) is 0.558. The van der Waals surface area contributed by atoms with Gasteiger partial charge in [-0.2, -0.15) is 0 Å². The van der Waals surface area contributed by atoms with Crippen LogP contribution in [-0.4, -0.2) is 35.8 Å². The monoisotopic (exact) mass is 420 g/mol. The summed E-state index contributed by atoms with van der Waals surface area (Å²) in [7, 11) is 0. The molecule has 2 aliphatic rings. The Morgan fingerprint density at radius 3 is 1.97 bits per heavy atom. The van der Waals surface area contributed by atoms with Crippen molar-refractivity contribution in [3.05, 3.63) is 60.7 Å². The van der Waals surface area contributed by atoms with Gasteiger partial charge in [0, 0.05) is 5.69 Å². The number of nitrogens with one attached hydrogen (secondary N) is 1. The first-order valence-electron chi connectivity index (χ1n) is 10.4. The Balaban J connectivity index is 1.32. The SMILES string of the molecule is CCOc1ccc(Oc2ccc(NC(=O)CN3C(=O)[C@H]4CC=CC[C@@H]4C3=O)cc2)cc1. The van der Waals surface area contributed by atoms with Crippen molar-refractivity contribution < 1.29 is 23.9 Å². The normalized spacial score (nSPS) is 19.8. The second kappa shape index (κ2) is 9.04. The number of carbonyl (C=O) groups excluding carboxylic acids is 3. The van der Waals surface area contributed by atoms with E-state index < -0.39 is 5.91 Å². The Hall–Kier alpha value is -3.61.